The van der Waals surface area contributed by atoms with Gasteiger partial charge in [0.15, 0.2) is 5.82 Å². The summed E-state index contributed by atoms with van der Waals surface area (Å²) in [7, 11) is 0. The Labute approximate surface area is 162 Å². The third-order valence-corrected chi connectivity index (χ3v) is 5.00. The van der Waals surface area contributed by atoms with Gasteiger partial charge in [0.25, 0.3) is 5.91 Å². The molecule has 0 aliphatic carbocycles. The van der Waals surface area contributed by atoms with Crippen molar-refractivity contribution < 1.29 is 9.18 Å². The number of H-pyrrole nitrogens is 1. The Hall–Kier alpha value is -3.16. The zero-order valence-electron chi connectivity index (χ0n) is 15.7. The van der Waals surface area contributed by atoms with Gasteiger partial charge in [-0.25, -0.2) is 4.39 Å². The number of halogens is 1. The maximum atomic E-state index is 13.1. The van der Waals surface area contributed by atoms with E-state index in [1.807, 2.05) is 19.2 Å². The summed E-state index contributed by atoms with van der Waals surface area (Å²) in [5, 5.41) is 14.8. The van der Waals surface area contributed by atoms with Crippen LogP contribution in [0.5, 0.6) is 0 Å². The van der Waals surface area contributed by atoms with E-state index in [2.05, 4.69) is 25.5 Å². The van der Waals surface area contributed by atoms with E-state index in [9.17, 15) is 9.18 Å². The molecule has 1 unspecified atom stereocenters. The molecule has 0 spiro atoms. The van der Waals surface area contributed by atoms with Crippen LogP contribution in [-0.2, 0) is 6.54 Å². The van der Waals surface area contributed by atoms with Crippen LogP contribution in [0.2, 0.25) is 0 Å². The third kappa shape index (κ3) is 3.90. The number of piperidine rings is 1. The monoisotopic (exact) mass is 382 g/mol. The molecule has 1 aliphatic heterocycles. The van der Waals surface area contributed by atoms with Gasteiger partial charge in [-0.15, -0.1) is 0 Å². The molecule has 2 N–H and O–H groups in total. The van der Waals surface area contributed by atoms with Gasteiger partial charge in [-0.1, -0.05) is 0 Å². The highest BCUT2D eigenvalue weighted by atomic mass is 19.1. The minimum atomic E-state index is -0.262. The number of hydrogen-bond donors (Lipinski definition) is 2. The van der Waals surface area contributed by atoms with E-state index in [4.69, 9.17) is 0 Å². The van der Waals surface area contributed by atoms with E-state index >= 15 is 0 Å². The molecule has 0 radical (unpaired) electrons. The van der Waals surface area contributed by atoms with Gasteiger partial charge in [-0.05, 0) is 55.7 Å². The van der Waals surface area contributed by atoms with E-state index in [1.54, 1.807) is 22.9 Å². The Balaban J connectivity index is 1.41. The largest absolute Gasteiger partial charge is 0.353 e. The lowest BCUT2D eigenvalue weighted by atomic mass is 10.1. The highest BCUT2D eigenvalue weighted by molar-refractivity contribution is 5.92. The number of anilines is 1. The van der Waals surface area contributed by atoms with E-state index < -0.39 is 0 Å². The van der Waals surface area contributed by atoms with Gasteiger partial charge in [-0.3, -0.25) is 14.6 Å². The average molecular weight is 382 g/mol. The molecule has 0 saturated carbocycles. The fourth-order valence-electron chi connectivity index (χ4n) is 3.47. The predicted octanol–water partition coefficient (Wildman–Crippen LogP) is 2.83. The molecule has 1 fully saturated rings. The molecule has 7 nitrogen and oxygen atoms in total. The summed E-state index contributed by atoms with van der Waals surface area (Å²) in [4.78, 5) is 14.6. The molecule has 3 heterocycles. The molecular formula is C20H23FN6O. The number of nitrogens with one attached hydrogen (secondary N) is 2. The fraction of sp³-hybridized carbons (Fsp3) is 0.350. The van der Waals surface area contributed by atoms with Gasteiger partial charge < -0.3 is 10.2 Å². The predicted molar refractivity (Wildman–Crippen MR) is 105 cm³/mol. The molecule has 4 rings (SSSR count). The first-order valence-corrected chi connectivity index (χ1v) is 9.53. The molecule has 2 aromatic heterocycles. The van der Waals surface area contributed by atoms with Crippen molar-refractivity contribution in [3.63, 3.8) is 0 Å². The van der Waals surface area contributed by atoms with Crippen LogP contribution in [0, 0.1) is 5.82 Å². The first-order chi connectivity index (χ1) is 13.6. The number of amides is 1. The third-order valence-electron chi connectivity index (χ3n) is 5.00. The number of nitrogens with zero attached hydrogens (tertiary/aromatic N) is 4. The van der Waals surface area contributed by atoms with Crippen molar-refractivity contribution in [3.05, 3.63) is 54.1 Å². The van der Waals surface area contributed by atoms with Crippen molar-refractivity contribution in [2.45, 2.75) is 32.4 Å². The van der Waals surface area contributed by atoms with Crippen molar-refractivity contribution in [2.24, 2.45) is 0 Å². The highest BCUT2D eigenvalue weighted by Crippen LogP contribution is 2.24. The minimum absolute atomic E-state index is 0.0407. The van der Waals surface area contributed by atoms with Crippen molar-refractivity contribution in [1.82, 2.24) is 25.3 Å². The molecular weight excluding hydrogens is 359 g/mol. The molecule has 8 heteroatoms. The zero-order valence-corrected chi connectivity index (χ0v) is 15.7. The summed E-state index contributed by atoms with van der Waals surface area (Å²) in [6.07, 6.45) is 3.70. The standard InChI is InChI=1S/C20H23FN6O/c1-2-27-11-9-17(25-27)20(28)22-16-4-3-10-26(13-16)19-12-18(23-24-19)14-5-7-15(21)8-6-14/h5-9,11-12,16H,2-4,10,13H2,1H3,(H,22,28)(H,23,24). The van der Waals surface area contributed by atoms with Crippen LogP contribution in [0.25, 0.3) is 11.3 Å². The first kappa shape index (κ1) is 18.2. The van der Waals surface area contributed by atoms with Gasteiger partial charge in [0.2, 0.25) is 0 Å². The molecule has 1 aliphatic rings. The van der Waals surface area contributed by atoms with E-state index in [0.29, 0.717) is 12.2 Å². The molecule has 146 valence electrons. The number of benzene rings is 1. The number of carbonyl (C=O) groups excluding carboxylic acids is 1. The van der Waals surface area contributed by atoms with Crippen LogP contribution >= 0.6 is 0 Å². The average Bonchev–Trinajstić information content (AvgIpc) is 3.39. The lowest BCUT2D eigenvalue weighted by Crippen LogP contribution is -2.48. The van der Waals surface area contributed by atoms with Gasteiger partial charge in [0.05, 0.1) is 5.69 Å². The van der Waals surface area contributed by atoms with E-state index in [-0.39, 0.29) is 17.8 Å². The smallest absolute Gasteiger partial charge is 0.272 e. The quantitative estimate of drug-likeness (QED) is 0.711. The van der Waals surface area contributed by atoms with Gasteiger partial charge in [0.1, 0.15) is 11.5 Å². The Morgan fingerprint density at radius 3 is 2.89 bits per heavy atom. The summed E-state index contributed by atoms with van der Waals surface area (Å²) < 4.78 is 14.9. The second-order valence-electron chi connectivity index (χ2n) is 6.96. The summed E-state index contributed by atoms with van der Waals surface area (Å²) in [6.45, 7) is 4.29. The molecule has 1 amide bonds. The Morgan fingerprint density at radius 2 is 2.14 bits per heavy atom. The second kappa shape index (κ2) is 7.84. The Kier molecular flexibility index (Phi) is 5.10. The minimum Gasteiger partial charge on any atom is -0.353 e. The molecule has 3 aromatic rings. The number of aryl methyl sites for hydroxylation is 1. The maximum absolute atomic E-state index is 13.1. The Bertz CT molecular complexity index is 948. The molecule has 28 heavy (non-hydrogen) atoms. The lowest BCUT2D eigenvalue weighted by molar-refractivity contribution is 0.0927. The summed E-state index contributed by atoms with van der Waals surface area (Å²) in [6, 6.07) is 10.1. The van der Waals surface area contributed by atoms with Gasteiger partial charge in [-0.2, -0.15) is 10.2 Å². The molecule has 1 atom stereocenters. The molecule has 1 saturated heterocycles. The number of hydrogen-bond acceptors (Lipinski definition) is 4. The second-order valence-corrected chi connectivity index (χ2v) is 6.96. The normalized spacial score (nSPS) is 16.9. The van der Waals surface area contributed by atoms with E-state index in [0.717, 1.165) is 43.0 Å². The van der Waals surface area contributed by atoms with Crippen molar-refractivity contribution >= 4 is 11.7 Å². The van der Waals surface area contributed by atoms with Crippen LogP contribution in [-0.4, -0.2) is 45.0 Å². The maximum Gasteiger partial charge on any atom is 0.272 e. The number of rotatable bonds is 5. The van der Waals surface area contributed by atoms with Gasteiger partial charge >= 0.3 is 0 Å². The Morgan fingerprint density at radius 1 is 1.32 bits per heavy atom. The van der Waals surface area contributed by atoms with Crippen LogP contribution in [0.3, 0.4) is 0 Å². The zero-order chi connectivity index (χ0) is 19.5. The number of carbonyl (C=O) groups is 1. The van der Waals surface area contributed by atoms with Crippen molar-refractivity contribution in [1.29, 1.82) is 0 Å². The molecule has 1 aromatic carbocycles. The van der Waals surface area contributed by atoms with Crippen LogP contribution in [0.4, 0.5) is 10.2 Å². The van der Waals surface area contributed by atoms with Gasteiger partial charge in [0, 0.05) is 37.9 Å². The topological polar surface area (TPSA) is 78.8 Å². The summed E-state index contributed by atoms with van der Waals surface area (Å²) >= 11 is 0. The molecule has 0 bridgehead atoms. The summed E-state index contributed by atoms with van der Waals surface area (Å²) in [5.41, 5.74) is 2.16. The highest BCUT2D eigenvalue weighted by Gasteiger charge is 2.24. The van der Waals surface area contributed by atoms with Crippen molar-refractivity contribution in [2.75, 3.05) is 18.0 Å². The first-order valence-electron chi connectivity index (χ1n) is 9.53. The fourth-order valence-corrected chi connectivity index (χ4v) is 3.47. The number of aromatic nitrogens is 4. The summed E-state index contributed by atoms with van der Waals surface area (Å²) in [5.74, 6) is 0.420. The van der Waals surface area contributed by atoms with Crippen LogP contribution in [0.1, 0.15) is 30.3 Å². The lowest BCUT2D eigenvalue weighted by Gasteiger charge is -2.33. The van der Waals surface area contributed by atoms with E-state index in [1.165, 1.54) is 12.1 Å². The van der Waals surface area contributed by atoms with Crippen LogP contribution < -0.4 is 10.2 Å². The SMILES string of the molecule is CCn1ccc(C(=O)NC2CCCN(c3cc(-c4ccc(F)cc4)[nH]n3)C2)n1. The van der Waals surface area contributed by atoms with Crippen LogP contribution in [0.15, 0.2) is 42.6 Å². The van der Waals surface area contributed by atoms with Crippen molar-refractivity contribution in [3.8, 4) is 11.3 Å². The number of aromatic amines is 1.